The molecule has 0 saturated heterocycles. The molecule has 0 nitrogen and oxygen atoms in total. The van der Waals surface area contributed by atoms with Gasteiger partial charge in [-0.05, 0) is 0 Å². The Balaban J connectivity index is 3.15. The summed E-state index contributed by atoms with van der Waals surface area (Å²) in [6, 6.07) is 3.05. The molecule has 0 unspecified atom stereocenters. The molecular weight excluding hydrogens is 164 g/mol. The maximum Gasteiger partial charge on any atom is 0.0442 e. The highest BCUT2D eigenvalue weighted by atomic mass is 28.3. The van der Waals surface area contributed by atoms with Crippen molar-refractivity contribution >= 4 is 16.9 Å². The molecule has 1 radical (unpaired) electrons. The highest BCUT2D eigenvalue weighted by molar-refractivity contribution is 6.76. The zero-order valence-electron chi connectivity index (χ0n) is 8.83. The fourth-order valence-electron chi connectivity index (χ4n) is 1.13. The quantitative estimate of drug-likeness (QED) is 0.453. The lowest BCUT2D eigenvalue weighted by molar-refractivity contribution is 0.859. The zero-order valence-corrected chi connectivity index (χ0v) is 10.8. The van der Waals surface area contributed by atoms with Crippen molar-refractivity contribution in [3.8, 4) is 0 Å². The van der Waals surface area contributed by atoms with Gasteiger partial charge in [-0.2, -0.15) is 0 Å². The molecule has 67 valence electrons. The Morgan fingerprint density at radius 1 is 1.00 bits per heavy atom. The van der Waals surface area contributed by atoms with Crippen LogP contribution in [0.4, 0.5) is 0 Å². The van der Waals surface area contributed by atoms with Crippen molar-refractivity contribution < 1.29 is 0 Å². The van der Waals surface area contributed by atoms with Gasteiger partial charge in [-0.1, -0.05) is 57.7 Å². The molecule has 0 atom stereocenters. The SMILES string of the molecule is C[Si](C)CCCC[Si](C)(C)C. The fourth-order valence-corrected chi connectivity index (χ4v) is 3.40. The van der Waals surface area contributed by atoms with Gasteiger partial charge in [0.2, 0.25) is 0 Å². The molecule has 0 aromatic heterocycles. The summed E-state index contributed by atoms with van der Waals surface area (Å²) in [6.07, 6.45) is 2.98. The minimum Gasteiger partial charge on any atom is -0.0713 e. The molecule has 0 bridgehead atoms. The smallest absolute Gasteiger partial charge is 0.0442 e. The van der Waals surface area contributed by atoms with E-state index in [1.54, 1.807) is 0 Å². The van der Waals surface area contributed by atoms with E-state index < -0.39 is 8.07 Å². The summed E-state index contributed by atoms with van der Waals surface area (Å²) >= 11 is 0. The van der Waals surface area contributed by atoms with Crippen molar-refractivity contribution in [1.82, 2.24) is 0 Å². The molecule has 0 fully saturated rings. The summed E-state index contributed by atoms with van der Waals surface area (Å²) in [4.78, 5) is 0. The third-order valence-electron chi connectivity index (χ3n) is 1.85. The molecule has 2 heteroatoms. The van der Waals surface area contributed by atoms with Gasteiger partial charge in [0.1, 0.15) is 0 Å². The first-order valence-corrected chi connectivity index (χ1v) is 11.1. The molecule has 0 aromatic carbocycles. The first-order valence-electron chi connectivity index (χ1n) is 4.71. The first-order chi connectivity index (χ1) is 4.92. The van der Waals surface area contributed by atoms with Crippen LogP contribution in [0.1, 0.15) is 12.8 Å². The van der Waals surface area contributed by atoms with E-state index in [1.807, 2.05) is 0 Å². The van der Waals surface area contributed by atoms with Gasteiger partial charge in [0, 0.05) is 16.9 Å². The van der Waals surface area contributed by atoms with Crippen LogP contribution in [0.15, 0.2) is 0 Å². The summed E-state index contributed by atoms with van der Waals surface area (Å²) in [5.41, 5.74) is 0. The Kier molecular flexibility index (Phi) is 5.35. The van der Waals surface area contributed by atoms with Crippen LogP contribution < -0.4 is 0 Å². The van der Waals surface area contributed by atoms with Gasteiger partial charge in [-0.15, -0.1) is 0 Å². The van der Waals surface area contributed by atoms with Crippen LogP contribution in [-0.2, 0) is 0 Å². The van der Waals surface area contributed by atoms with Gasteiger partial charge in [-0.25, -0.2) is 0 Å². The first kappa shape index (κ1) is 11.4. The second-order valence-corrected chi connectivity index (χ2v) is 13.5. The van der Waals surface area contributed by atoms with E-state index in [0.717, 1.165) is 0 Å². The average Bonchev–Trinajstić information content (AvgIpc) is 1.78. The van der Waals surface area contributed by atoms with Gasteiger partial charge < -0.3 is 0 Å². The predicted molar refractivity (Wildman–Crippen MR) is 59.7 cm³/mol. The van der Waals surface area contributed by atoms with Crippen molar-refractivity contribution in [3.05, 3.63) is 0 Å². The van der Waals surface area contributed by atoms with Crippen LogP contribution in [0.5, 0.6) is 0 Å². The summed E-state index contributed by atoms with van der Waals surface area (Å²) in [5.74, 6) is 0. The maximum absolute atomic E-state index is 2.47. The Bertz CT molecular complexity index is 92.2. The van der Waals surface area contributed by atoms with E-state index in [-0.39, 0.29) is 8.80 Å². The number of hydrogen-bond donors (Lipinski definition) is 0. The van der Waals surface area contributed by atoms with E-state index >= 15 is 0 Å². The molecule has 0 N–H and O–H groups in total. The van der Waals surface area contributed by atoms with E-state index in [9.17, 15) is 0 Å². The van der Waals surface area contributed by atoms with Crippen molar-refractivity contribution in [2.24, 2.45) is 0 Å². The lowest BCUT2D eigenvalue weighted by Crippen LogP contribution is -2.18. The molecular formula is C9H23Si2. The van der Waals surface area contributed by atoms with Crippen molar-refractivity contribution in [2.45, 2.75) is 57.7 Å². The zero-order chi connectivity index (χ0) is 8.91. The van der Waals surface area contributed by atoms with Crippen LogP contribution in [0.2, 0.25) is 44.8 Å². The minimum absolute atomic E-state index is 0.0634. The second kappa shape index (κ2) is 5.15. The number of rotatable bonds is 5. The third-order valence-corrected chi connectivity index (χ3v) is 5.06. The molecule has 0 aromatic rings. The highest BCUT2D eigenvalue weighted by Gasteiger charge is 2.11. The van der Waals surface area contributed by atoms with Crippen LogP contribution in [0.3, 0.4) is 0 Å². The Hall–Kier alpha value is 0.434. The van der Waals surface area contributed by atoms with Crippen molar-refractivity contribution in [2.75, 3.05) is 0 Å². The number of unbranched alkanes of at least 4 members (excludes halogenated alkanes) is 1. The normalized spacial score (nSPS) is 12.5. The molecule has 0 aliphatic heterocycles. The summed E-state index contributed by atoms with van der Waals surface area (Å²) < 4.78 is 0. The highest BCUT2D eigenvalue weighted by Crippen LogP contribution is 2.14. The van der Waals surface area contributed by atoms with Gasteiger partial charge in [0.25, 0.3) is 0 Å². The number of hydrogen-bond acceptors (Lipinski definition) is 0. The van der Waals surface area contributed by atoms with Crippen LogP contribution >= 0.6 is 0 Å². The topological polar surface area (TPSA) is 0 Å². The fraction of sp³-hybridized carbons (Fsp3) is 1.00. The monoisotopic (exact) mass is 187 g/mol. The lowest BCUT2D eigenvalue weighted by Gasteiger charge is -2.15. The summed E-state index contributed by atoms with van der Waals surface area (Å²) in [6.45, 7) is 12.2. The van der Waals surface area contributed by atoms with Crippen molar-refractivity contribution in [1.29, 1.82) is 0 Å². The van der Waals surface area contributed by atoms with E-state index in [4.69, 9.17) is 0 Å². The van der Waals surface area contributed by atoms with E-state index in [1.165, 1.54) is 24.9 Å². The van der Waals surface area contributed by atoms with Gasteiger partial charge in [0.05, 0.1) is 0 Å². The molecule has 11 heavy (non-hydrogen) atoms. The van der Waals surface area contributed by atoms with Crippen LogP contribution in [0.25, 0.3) is 0 Å². The van der Waals surface area contributed by atoms with Crippen LogP contribution in [-0.4, -0.2) is 16.9 Å². The largest absolute Gasteiger partial charge is 0.0713 e. The molecule has 0 rings (SSSR count). The van der Waals surface area contributed by atoms with E-state index in [2.05, 4.69) is 32.7 Å². The summed E-state index contributed by atoms with van der Waals surface area (Å²) in [5, 5.41) is 0. The molecule has 0 aliphatic rings. The molecule has 0 amide bonds. The molecule has 0 saturated carbocycles. The third kappa shape index (κ3) is 10.4. The Morgan fingerprint density at radius 3 is 1.91 bits per heavy atom. The van der Waals surface area contributed by atoms with Gasteiger partial charge >= 0.3 is 0 Å². The lowest BCUT2D eigenvalue weighted by atomic mass is 10.4. The van der Waals surface area contributed by atoms with Gasteiger partial charge in [0.15, 0.2) is 0 Å². The average molecular weight is 187 g/mol. The molecule has 0 spiro atoms. The van der Waals surface area contributed by atoms with Crippen molar-refractivity contribution in [3.63, 3.8) is 0 Å². The Labute approximate surface area is 75.0 Å². The molecule has 0 heterocycles. The predicted octanol–water partition coefficient (Wildman–Crippen LogP) is 3.86. The van der Waals surface area contributed by atoms with Crippen LogP contribution in [0, 0.1) is 0 Å². The van der Waals surface area contributed by atoms with E-state index in [0.29, 0.717) is 0 Å². The summed E-state index contributed by atoms with van der Waals surface area (Å²) in [7, 11) is -0.654. The van der Waals surface area contributed by atoms with Gasteiger partial charge in [-0.3, -0.25) is 0 Å². The second-order valence-electron chi connectivity index (χ2n) is 4.97. The Morgan fingerprint density at radius 2 is 1.55 bits per heavy atom. The molecule has 0 aliphatic carbocycles. The minimum atomic E-state index is -0.718. The standard InChI is InChI=1S/C9H23Si2/c1-10(2)8-6-7-9-11(3,4)5/h6-9H2,1-5H3. The maximum atomic E-state index is 2.47.